The number of pyridine rings is 1. The van der Waals surface area contributed by atoms with Crippen LogP contribution in [0.5, 0.6) is 5.75 Å². The molecule has 34 heavy (non-hydrogen) atoms. The molecule has 0 unspecified atom stereocenters. The van der Waals surface area contributed by atoms with Crippen molar-refractivity contribution in [1.82, 2.24) is 25.6 Å². The van der Waals surface area contributed by atoms with Gasteiger partial charge in [-0.15, -0.1) is 22.6 Å². The van der Waals surface area contributed by atoms with E-state index in [4.69, 9.17) is 4.74 Å². The summed E-state index contributed by atoms with van der Waals surface area (Å²) in [6, 6.07) is 28.4. The number of fused-ring (bicyclic) bond motifs is 1. The molecule has 0 atom stereocenters. The van der Waals surface area contributed by atoms with E-state index in [1.54, 1.807) is 0 Å². The van der Waals surface area contributed by atoms with Gasteiger partial charge in [-0.2, -0.15) is 5.21 Å². The Morgan fingerprint density at radius 1 is 0.735 bits per heavy atom. The average molecular weight is 468 g/mol. The first-order valence-corrected chi connectivity index (χ1v) is 10.6. The van der Waals surface area contributed by atoms with Crippen LogP contribution in [0.3, 0.4) is 0 Å². The summed E-state index contributed by atoms with van der Waals surface area (Å²) in [5.41, 5.74) is 5.13. The van der Waals surface area contributed by atoms with Crippen molar-refractivity contribution < 1.29 is 4.74 Å². The molecule has 0 fully saturated rings. The van der Waals surface area contributed by atoms with Gasteiger partial charge >= 0.3 is 0 Å². The first-order valence-electron chi connectivity index (χ1n) is 10.6. The molecule has 0 saturated carbocycles. The maximum Gasteiger partial charge on any atom is 0.197 e. The molecule has 0 radical (unpaired) electrons. The van der Waals surface area contributed by atoms with Crippen molar-refractivity contribution in [3.05, 3.63) is 113 Å². The molecule has 5 aromatic rings. The van der Waals surface area contributed by atoms with Crippen LogP contribution in [-0.2, 0) is 6.61 Å². The van der Waals surface area contributed by atoms with Gasteiger partial charge in [-0.25, -0.2) is 4.98 Å². The summed E-state index contributed by atoms with van der Waals surface area (Å²) in [5.74, 6) is 1.37. The minimum atomic E-state index is 0. The van der Waals surface area contributed by atoms with Crippen LogP contribution in [0.1, 0.15) is 28.2 Å². The average Bonchev–Trinajstić information content (AvgIpc) is 3.40. The Morgan fingerprint density at radius 2 is 1.50 bits per heavy atom. The lowest BCUT2D eigenvalue weighted by molar-refractivity contribution is 0.302. The number of nitrogens with one attached hydrogen (secondary N) is 1. The maximum absolute atomic E-state index is 5.99. The number of ether oxygens (including phenoxy) is 1. The number of nitrogens with zero attached hydrogens (tertiary/aromatic N) is 4. The molecule has 0 aliphatic heterocycles. The monoisotopic (exact) mass is 467 g/mol. The van der Waals surface area contributed by atoms with Crippen LogP contribution in [0.25, 0.3) is 35.2 Å². The fraction of sp³-hybridized carbons (Fsp3) is 0.0370. The van der Waals surface area contributed by atoms with E-state index in [2.05, 4.69) is 68.1 Å². The van der Waals surface area contributed by atoms with Crippen molar-refractivity contribution >= 4 is 47.6 Å². The van der Waals surface area contributed by atoms with Gasteiger partial charge in [0.05, 0.1) is 11.2 Å². The van der Waals surface area contributed by atoms with Crippen LogP contribution >= 0.6 is 12.4 Å². The van der Waals surface area contributed by atoms with Crippen molar-refractivity contribution in [1.29, 1.82) is 0 Å². The van der Waals surface area contributed by atoms with Crippen LogP contribution in [0.15, 0.2) is 84.9 Å². The van der Waals surface area contributed by atoms with Crippen LogP contribution in [-0.4, -0.2) is 25.6 Å². The lowest BCUT2D eigenvalue weighted by Gasteiger charge is -2.07. The smallest absolute Gasteiger partial charge is 0.197 e. The molecule has 168 valence electrons. The van der Waals surface area contributed by atoms with E-state index in [0.717, 1.165) is 39.0 Å². The number of halogens is 1. The predicted octanol–water partition coefficient (Wildman–Crippen LogP) is 6.09. The molecule has 0 aliphatic rings. The summed E-state index contributed by atoms with van der Waals surface area (Å²) < 4.78 is 5.99. The van der Waals surface area contributed by atoms with Crippen molar-refractivity contribution in [2.24, 2.45) is 0 Å². The van der Waals surface area contributed by atoms with Gasteiger partial charge in [0.15, 0.2) is 5.82 Å². The summed E-state index contributed by atoms with van der Waals surface area (Å²) in [6.45, 7) is 0.427. The van der Waals surface area contributed by atoms with Crippen molar-refractivity contribution in [3.8, 4) is 5.75 Å². The maximum atomic E-state index is 5.99. The molecule has 0 aliphatic carbocycles. The molecule has 2 heterocycles. The Morgan fingerprint density at radius 3 is 2.29 bits per heavy atom. The van der Waals surface area contributed by atoms with E-state index in [9.17, 15) is 0 Å². The van der Waals surface area contributed by atoms with E-state index in [1.807, 2.05) is 66.7 Å². The molecule has 0 bridgehead atoms. The summed E-state index contributed by atoms with van der Waals surface area (Å²) in [6.07, 6.45) is 7.92. The van der Waals surface area contributed by atoms with E-state index in [1.165, 1.54) is 0 Å². The molecule has 0 spiro atoms. The molecular formula is C27H22ClN5O. The third-order valence-electron chi connectivity index (χ3n) is 5.09. The van der Waals surface area contributed by atoms with Crippen LogP contribution in [0, 0.1) is 0 Å². The molecule has 7 heteroatoms. The Kier molecular flexibility index (Phi) is 7.42. The van der Waals surface area contributed by atoms with E-state index < -0.39 is 0 Å². The second-order valence-electron chi connectivity index (χ2n) is 7.46. The first-order chi connectivity index (χ1) is 16.3. The lowest BCUT2D eigenvalue weighted by Crippen LogP contribution is -1.98. The van der Waals surface area contributed by atoms with Gasteiger partial charge in [0, 0.05) is 5.39 Å². The topological polar surface area (TPSA) is 76.6 Å². The third-order valence-corrected chi connectivity index (χ3v) is 5.09. The molecule has 2 aromatic heterocycles. The number of para-hydroxylation sites is 1. The van der Waals surface area contributed by atoms with Crippen LogP contribution in [0.4, 0.5) is 0 Å². The van der Waals surface area contributed by atoms with Crippen LogP contribution < -0.4 is 4.74 Å². The molecule has 6 nitrogen and oxygen atoms in total. The number of tetrazole rings is 1. The lowest BCUT2D eigenvalue weighted by atomic mass is 10.1. The fourth-order valence-corrected chi connectivity index (χ4v) is 3.38. The Labute approximate surface area is 203 Å². The second-order valence-corrected chi connectivity index (χ2v) is 7.46. The third kappa shape index (κ3) is 5.94. The first kappa shape index (κ1) is 22.9. The zero-order chi connectivity index (χ0) is 22.3. The molecule has 0 amide bonds. The highest BCUT2D eigenvalue weighted by atomic mass is 35.5. The molecule has 3 aromatic carbocycles. The summed E-state index contributed by atoms with van der Waals surface area (Å²) in [4.78, 5) is 4.67. The molecule has 0 saturated heterocycles. The number of aromatic nitrogens is 5. The van der Waals surface area contributed by atoms with Gasteiger partial charge in [0.1, 0.15) is 12.4 Å². The van der Waals surface area contributed by atoms with Gasteiger partial charge in [0.25, 0.3) is 0 Å². The second kappa shape index (κ2) is 11.0. The highest BCUT2D eigenvalue weighted by Gasteiger charge is 2.01. The number of hydrogen-bond donors (Lipinski definition) is 1. The van der Waals surface area contributed by atoms with Gasteiger partial charge in [0.2, 0.25) is 0 Å². The SMILES string of the molecule is C(=Cc1cccc(OCc2ccc3ccccc3n2)c1)c1ccc(C=Cc2nn[nH]n2)cc1.Cl. The van der Waals surface area contributed by atoms with Crippen molar-refractivity contribution in [3.63, 3.8) is 0 Å². The minimum Gasteiger partial charge on any atom is -0.487 e. The number of benzene rings is 3. The standard InChI is InChI=1S/C27H21N5O.ClH/c1-2-7-26-23(5-1)15-16-24(28-26)19-33-25-6-3-4-22(18-25)13-12-20-8-10-21(11-9-20)14-17-27-29-31-32-30-27;/h1-18H,19H2,(H,29,30,31,32);1H. The summed E-state index contributed by atoms with van der Waals surface area (Å²) in [7, 11) is 0. The normalized spacial score (nSPS) is 11.2. The largest absolute Gasteiger partial charge is 0.487 e. The van der Waals surface area contributed by atoms with E-state index >= 15 is 0 Å². The zero-order valence-corrected chi connectivity index (χ0v) is 19.0. The number of rotatable bonds is 7. The highest BCUT2D eigenvalue weighted by molar-refractivity contribution is 5.85. The number of aromatic amines is 1. The van der Waals surface area contributed by atoms with Gasteiger partial charge < -0.3 is 4.74 Å². The molecule has 1 N–H and O–H groups in total. The number of hydrogen-bond acceptors (Lipinski definition) is 5. The fourth-order valence-electron chi connectivity index (χ4n) is 3.38. The summed E-state index contributed by atoms with van der Waals surface area (Å²) in [5, 5.41) is 14.9. The zero-order valence-electron chi connectivity index (χ0n) is 18.2. The van der Waals surface area contributed by atoms with Gasteiger partial charge in [-0.1, -0.05) is 78.9 Å². The highest BCUT2D eigenvalue weighted by Crippen LogP contribution is 2.19. The van der Waals surface area contributed by atoms with E-state index in [0.29, 0.717) is 12.4 Å². The predicted molar refractivity (Wildman–Crippen MR) is 138 cm³/mol. The Balaban J connectivity index is 0.00000274. The quantitative estimate of drug-likeness (QED) is 0.293. The van der Waals surface area contributed by atoms with E-state index in [-0.39, 0.29) is 12.4 Å². The van der Waals surface area contributed by atoms with Gasteiger partial charge in [-0.05, 0) is 52.2 Å². The molecule has 5 rings (SSSR count). The van der Waals surface area contributed by atoms with Crippen molar-refractivity contribution in [2.45, 2.75) is 6.61 Å². The minimum absolute atomic E-state index is 0. The molecular weight excluding hydrogens is 446 g/mol. The summed E-state index contributed by atoms with van der Waals surface area (Å²) >= 11 is 0. The Hall–Kier alpha value is -4.29. The van der Waals surface area contributed by atoms with Crippen molar-refractivity contribution in [2.75, 3.05) is 0 Å². The van der Waals surface area contributed by atoms with Crippen LogP contribution in [0.2, 0.25) is 0 Å². The Bertz CT molecular complexity index is 1410. The number of H-pyrrole nitrogens is 1. The van der Waals surface area contributed by atoms with Gasteiger partial charge in [-0.3, -0.25) is 0 Å².